The maximum absolute atomic E-state index is 13.4. The van der Waals surface area contributed by atoms with Crippen molar-refractivity contribution in [2.45, 2.75) is 11.3 Å². The van der Waals surface area contributed by atoms with Crippen molar-refractivity contribution in [2.75, 3.05) is 11.2 Å². The molecule has 0 aliphatic heterocycles. The van der Waals surface area contributed by atoms with Crippen molar-refractivity contribution >= 4 is 35.0 Å². The molecule has 1 amide bonds. The third kappa shape index (κ3) is 4.76. The second-order valence-electron chi connectivity index (χ2n) is 4.67. The Kier molecular flexibility index (Phi) is 6.49. The first-order valence-electron chi connectivity index (χ1n) is 6.76. The Morgan fingerprint density at radius 3 is 2.00 bits per heavy atom. The molecule has 0 radical (unpaired) electrons. The van der Waals surface area contributed by atoms with Crippen molar-refractivity contribution in [3.8, 4) is 0 Å². The van der Waals surface area contributed by atoms with E-state index < -0.39 is 40.7 Å². The van der Waals surface area contributed by atoms with Crippen LogP contribution in [0.5, 0.6) is 0 Å². The van der Waals surface area contributed by atoms with Crippen LogP contribution < -0.4 is 10.9 Å². The van der Waals surface area contributed by atoms with Crippen LogP contribution in [0.15, 0.2) is 29.2 Å². The summed E-state index contributed by atoms with van der Waals surface area (Å²) in [6.07, 6.45) is -0.0598. The van der Waals surface area contributed by atoms with Crippen LogP contribution in [0, 0.1) is 29.1 Å². The number of carbonyl (C=O) groups excluding carboxylic acids is 1. The molecule has 25 heavy (non-hydrogen) atoms. The van der Waals surface area contributed by atoms with Crippen molar-refractivity contribution in [3.05, 3.63) is 58.4 Å². The van der Waals surface area contributed by atoms with Crippen LogP contribution in [0.4, 0.5) is 27.6 Å². The van der Waals surface area contributed by atoms with E-state index >= 15 is 0 Å². The number of rotatable bonds is 6. The molecule has 0 unspecified atom stereocenters. The number of hydrazine groups is 1. The van der Waals surface area contributed by atoms with Crippen LogP contribution in [0.2, 0.25) is 5.02 Å². The average molecular weight is 397 g/mol. The Morgan fingerprint density at radius 1 is 0.920 bits per heavy atom. The second kappa shape index (κ2) is 8.39. The maximum Gasteiger partial charge on any atom is 0.239 e. The van der Waals surface area contributed by atoms with Crippen LogP contribution in [0.3, 0.4) is 0 Å². The van der Waals surface area contributed by atoms with Gasteiger partial charge in [0.25, 0.3) is 0 Å². The van der Waals surface area contributed by atoms with E-state index in [4.69, 9.17) is 11.6 Å². The van der Waals surface area contributed by atoms with Gasteiger partial charge in [-0.25, -0.2) is 22.0 Å². The first-order valence-corrected chi connectivity index (χ1v) is 8.12. The molecule has 0 spiro atoms. The molecular weight excluding hydrogens is 387 g/mol. The molecule has 2 N–H and O–H groups in total. The quantitative estimate of drug-likeness (QED) is 0.245. The van der Waals surface area contributed by atoms with Gasteiger partial charge < -0.3 is 0 Å². The lowest BCUT2D eigenvalue weighted by atomic mass is 10.2. The third-order valence-electron chi connectivity index (χ3n) is 2.95. The number of amides is 1. The monoisotopic (exact) mass is 396 g/mol. The molecule has 0 aliphatic carbocycles. The lowest BCUT2D eigenvalue weighted by molar-refractivity contribution is -0.120. The molecule has 0 bridgehead atoms. The largest absolute Gasteiger partial charge is 0.293 e. The Balaban J connectivity index is 1.89. The number of thioether (sulfide) groups is 1. The van der Waals surface area contributed by atoms with Gasteiger partial charge in [0.1, 0.15) is 5.69 Å². The van der Waals surface area contributed by atoms with Crippen molar-refractivity contribution in [3.63, 3.8) is 0 Å². The number of benzene rings is 2. The molecule has 0 saturated heterocycles. The van der Waals surface area contributed by atoms with Crippen molar-refractivity contribution in [1.29, 1.82) is 0 Å². The van der Waals surface area contributed by atoms with Gasteiger partial charge in [0, 0.05) is 22.1 Å². The van der Waals surface area contributed by atoms with Crippen LogP contribution in [-0.2, 0) is 4.79 Å². The molecule has 134 valence electrons. The first-order chi connectivity index (χ1) is 11.8. The number of halogens is 6. The van der Waals surface area contributed by atoms with E-state index in [9.17, 15) is 26.7 Å². The van der Waals surface area contributed by atoms with E-state index in [0.717, 1.165) is 4.90 Å². The minimum atomic E-state index is -2.27. The Bertz CT molecular complexity index is 759. The van der Waals surface area contributed by atoms with Gasteiger partial charge >= 0.3 is 0 Å². The summed E-state index contributed by atoms with van der Waals surface area (Å²) in [5, 5.41) is 0.564. The molecule has 0 heterocycles. The fourth-order valence-corrected chi connectivity index (χ4v) is 2.68. The minimum absolute atomic E-state index is 0.0598. The molecule has 0 fully saturated rings. The Morgan fingerprint density at radius 2 is 1.44 bits per heavy atom. The highest BCUT2D eigenvalue weighted by atomic mass is 35.5. The predicted octanol–water partition coefficient (Wildman–Crippen LogP) is 4.66. The lowest BCUT2D eigenvalue weighted by Gasteiger charge is -2.11. The Hall–Kier alpha value is -2.00. The molecule has 2 aromatic rings. The van der Waals surface area contributed by atoms with E-state index in [-0.39, 0.29) is 6.42 Å². The molecule has 0 saturated carbocycles. The highest BCUT2D eigenvalue weighted by molar-refractivity contribution is 7.99. The number of hydrogen-bond acceptors (Lipinski definition) is 3. The summed E-state index contributed by atoms with van der Waals surface area (Å²) in [7, 11) is 0. The molecule has 0 atom stereocenters. The smallest absolute Gasteiger partial charge is 0.239 e. The molecule has 3 nitrogen and oxygen atoms in total. The molecule has 2 rings (SSSR count). The van der Waals surface area contributed by atoms with E-state index in [0.29, 0.717) is 10.8 Å². The van der Waals surface area contributed by atoms with Gasteiger partial charge in [0.2, 0.25) is 11.7 Å². The van der Waals surface area contributed by atoms with E-state index in [1.54, 1.807) is 29.7 Å². The first kappa shape index (κ1) is 19.3. The summed E-state index contributed by atoms with van der Waals surface area (Å²) in [5.74, 6) is -11.0. The van der Waals surface area contributed by atoms with Gasteiger partial charge in [0.05, 0.1) is 0 Å². The van der Waals surface area contributed by atoms with Crippen LogP contribution in [-0.4, -0.2) is 11.7 Å². The highest BCUT2D eigenvalue weighted by Crippen LogP contribution is 2.26. The fourth-order valence-electron chi connectivity index (χ4n) is 1.70. The van der Waals surface area contributed by atoms with Crippen molar-refractivity contribution < 1.29 is 26.7 Å². The van der Waals surface area contributed by atoms with Gasteiger partial charge in [-0.3, -0.25) is 15.6 Å². The molecule has 10 heteroatoms. The molecule has 0 aromatic heterocycles. The van der Waals surface area contributed by atoms with Gasteiger partial charge in [-0.15, -0.1) is 11.8 Å². The zero-order valence-corrected chi connectivity index (χ0v) is 13.9. The number of carbonyl (C=O) groups is 1. The summed E-state index contributed by atoms with van der Waals surface area (Å²) >= 11 is 7.06. The van der Waals surface area contributed by atoms with Gasteiger partial charge in [-0.05, 0) is 24.3 Å². The van der Waals surface area contributed by atoms with E-state index in [1.807, 2.05) is 5.43 Å². The fraction of sp³-hybridized carbons (Fsp3) is 0.133. The zero-order valence-electron chi connectivity index (χ0n) is 12.3. The number of anilines is 1. The number of hydrogen-bond donors (Lipinski definition) is 2. The van der Waals surface area contributed by atoms with Crippen molar-refractivity contribution in [1.82, 2.24) is 5.43 Å². The minimum Gasteiger partial charge on any atom is -0.293 e. The summed E-state index contributed by atoms with van der Waals surface area (Å²) < 4.78 is 65.8. The lowest BCUT2D eigenvalue weighted by Crippen LogP contribution is -2.31. The van der Waals surface area contributed by atoms with Crippen LogP contribution in [0.25, 0.3) is 0 Å². The van der Waals surface area contributed by atoms with Crippen LogP contribution >= 0.6 is 23.4 Å². The SMILES string of the molecule is O=C(CCSc1ccc(Cl)cc1)NNc1c(F)c(F)c(F)c(F)c1F. The molecule has 2 aromatic carbocycles. The highest BCUT2D eigenvalue weighted by Gasteiger charge is 2.25. The van der Waals surface area contributed by atoms with E-state index in [2.05, 4.69) is 0 Å². The summed E-state index contributed by atoms with van der Waals surface area (Å²) in [4.78, 5) is 12.5. The maximum atomic E-state index is 13.4. The summed E-state index contributed by atoms with van der Waals surface area (Å²) in [5.41, 5.74) is 2.29. The zero-order chi connectivity index (χ0) is 18.6. The topological polar surface area (TPSA) is 41.1 Å². The molecule has 0 aliphatic rings. The standard InChI is InChI=1S/C15H10ClF5N2OS/c16-7-1-3-8(4-2-7)25-6-5-9(24)22-23-15-13(20)11(18)10(17)12(19)14(15)21/h1-4,23H,5-6H2,(H,22,24). The third-order valence-corrected chi connectivity index (χ3v) is 4.21. The van der Waals surface area contributed by atoms with Gasteiger partial charge in [-0.1, -0.05) is 11.6 Å². The summed E-state index contributed by atoms with van der Waals surface area (Å²) in [6.45, 7) is 0. The van der Waals surface area contributed by atoms with Gasteiger partial charge in [-0.2, -0.15) is 0 Å². The molecular formula is C15H10ClF5N2OS. The Labute approximate surface area is 148 Å². The predicted molar refractivity (Wildman–Crippen MR) is 84.8 cm³/mol. The average Bonchev–Trinajstić information content (AvgIpc) is 2.60. The second-order valence-corrected chi connectivity index (χ2v) is 6.28. The number of nitrogens with one attached hydrogen (secondary N) is 2. The summed E-state index contributed by atoms with van der Waals surface area (Å²) in [6, 6.07) is 6.85. The van der Waals surface area contributed by atoms with Crippen LogP contribution in [0.1, 0.15) is 6.42 Å². The normalized spacial score (nSPS) is 10.6. The van der Waals surface area contributed by atoms with Crippen molar-refractivity contribution in [2.24, 2.45) is 0 Å². The van der Waals surface area contributed by atoms with Gasteiger partial charge in [0.15, 0.2) is 23.3 Å². The van der Waals surface area contributed by atoms with E-state index in [1.165, 1.54) is 11.8 Å².